The Morgan fingerprint density at radius 2 is 1.88 bits per heavy atom. The second-order valence-electron chi connectivity index (χ2n) is 4.82. The van der Waals surface area contributed by atoms with Crippen molar-refractivity contribution in [1.82, 2.24) is 4.90 Å². The molecule has 0 bridgehead atoms. The van der Waals surface area contributed by atoms with Crippen LogP contribution in [0.25, 0.3) is 0 Å². The molecule has 16 heavy (non-hydrogen) atoms. The summed E-state index contributed by atoms with van der Waals surface area (Å²) >= 11 is 0. The maximum absolute atomic E-state index is 9.67. The topological polar surface area (TPSA) is 23.5 Å². The number of nitrogens with zero attached hydrogens (tertiary/aromatic N) is 1. The zero-order valence-corrected chi connectivity index (χ0v) is 10.2. The number of rotatable bonds is 2. The number of hydrogen-bond donors (Lipinski definition) is 1. The predicted octanol–water partition coefficient (Wildman–Crippen LogP) is 2.20. The summed E-state index contributed by atoms with van der Waals surface area (Å²) in [6.45, 7) is 6.04. The highest BCUT2D eigenvalue weighted by atomic mass is 16.3. The first-order chi connectivity index (χ1) is 7.68. The Labute approximate surface area is 97.9 Å². The highest BCUT2D eigenvalue weighted by Crippen LogP contribution is 2.20. The van der Waals surface area contributed by atoms with E-state index in [1.54, 1.807) is 0 Å². The van der Waals surface area contributed by atoms with Gasteiger partial charge in [0.05, 0.1) is 6.10 Å². The summed E-state index contributed by atoms with van der Waals surface area (Å²) in [5, 5.41) is 9.67. The fourth-order valence-electron chi connectivity index (χ4n) is 2.38. The molecule has 2 heteroatoms. The first-order valence-corrected chi connectivity index (χ1v) is 6.17. The molecule has 0 saturated heterocycles. The molecule has 0 aromatic heterocycles. The molecule has 2 rings (SSSR count). The SMILES string of the molecule is CC(O)C(C)N1CCCc2ccccc2C1. The van der Waals surface area contributed by atoms with Crippen LogP contribution in [0.4, 0.5) is 0 Å². The first-order valence-electron chi connectivity index (χ1n) is 6.17. The second kappa shape index (κ2) is 4.98. The van der Waals surface area contributed by atoms with Crippen LogP contribution in [0.1, 0.15) is 31.4 Å². The lowest BCUT2D eigenvalue weighted by molar-refractivity contribution is 0.0669. The minimum atomic E-state index is -0.259. The van der Waals surface area contributed by atoms with E-state index >= 15 is 0 Å². The standard InChI is InChI=1S/C14H21NO/c1-11(12(2)16)15-9-5-8-13-6-3-4-7-14(13)10-15/h3-4,6-7,11-12,16H,5,8-10H2,1-2H3. The third-order valence-corrected chi connectivity index (χ3v) is 3.66. The average molecular weight is 219 g/mol. The number of hydrogen-bond acceptors (Lipinski definition) is 2. The van der Waals surface area contributed by atoms with E-state index in [0.29, 0.717) is 0 Å². The molecule has 0 fully saturated rings. The fourth-order valence-corrected chi connectivity index (χ4v) is 2.38. The highest BCUT2D eigenvalue weighted by molar-refractivity contribution is 5.28. The van der Waals surface area contributed by atoms with Crippen LogP contribution in [0.5, 0.6) is 0 Å². The molecule has 2 atom stereocenters. The monoisotopic (exact) mass is 219 g/mol. The minimum absolute atomic E-state index is 0.242. The first kappa shape index (κ1) is 11.6. The number of benzene rings is 1. The zero-order chi connectivity index (χ0) is 11.5. The van der Waals surface area contributed by atoms with Gasteiger partial charge in [-0.25, -0.2) is 0 Å². The smallest absolute Gasteiger partial charge is 0.0664 e. The lowest BCUT2D eigenvalue weighted by atomic mass is 10.0. The molecule has 1 aromatic carbocycles. The summed E-state index contributed by atoms with van der Waals surface area (Å²) in [4.78, 5) is 2.39. The van der Waals surface area contributed by atoms with E-state index in [4.69, 9.17) is 0 Å². The summed E-state index contributed by atoms with van der Waals surface area (Å²) in [6, 6.07) is 8.90. The Hall–Kier alpha value is -0.860. The van der Waals surface area contributed by atoms with Gasteiger partial charge in [0.1, 0.15) is 0 Å². The van der Waals surface area contributed by atoms with Gasteiger partial charge in [0.15, 0.2) is 0 Å². The van der Waals surface area contributed by atoms with E-state index in [1.807, 2.05) is 6.92 Å². The molecule has 88 valence electrons. The van der Waals surface area contributed by atoms with E-state index in [9.17, 15) is 5.11 Å². The Balaban J connectivity index is 2.16. The molecular weight excluding hydrogens is 198 g/mol. The van der Waals surface area contributed by atoms with Gasteiger partial charge in [-0.1, -0.05) is 24.3 Å². The van der Waals surface area contributed by atoms with Gasteiger partial charge in [-0.05, 0) is 44.4 Å². The third kappa shape index (κ3) is 2.45. The van der Waals surface area contributed by atoms with Crippen molar-refractivity contribution in [2.45, 2.75) is 45.4 Å². The molecule has 1 aliphatic rings. The second-order valence-corrected chi connectivity index (χ2v) is 4.82. The Bertz CT molecular complexity index is 348. The number of aliphatic hydroxyl groups is 1. The maximum atomic E-state index is 9.67. The Morgan fingerprint density at radius 3 is 2.56 bits per heavy atom. The van der Waals surface area contributed by atoms with E-state index in [0.717, 1.165) is 13.1 Å². The van der Waals surface area contributed by atoms with Crippen molar-refractivity contribution < 1.29 is 5.11 Å². The van der Waals surface area contributed by atoms with Crippen molar-refractivity contribution in [2.75, 3.05) is 6.54 Å². The van der Waals surface area contributed by atoms with Gasteiger partial charge in [-0.3, -0.25) is 4.90 Å². The van der Waals surface area contributed by atoms with Gasteiger partial charge in [-0.2, -0.15) is 0 Å². The van der Waals surface area contributed by atoms with Crippen LogP contribution in [0, 0.1) is 0 Å². The van der Waals surface area contributed by atoms with Crippen molar-refractivity contribution in [3.05, 3.63) is 35.4 Å². The Kier molecular flexibility index (Phi) is 3.62. The molecule has 2 unspecified atom stereocenters. The van der Waals surface area contributed by atoms with Gasteiger partial charge >= 0.3 is 0 Å². The molecule has 1 N–H and O–H groups in total. The largest absolute Gasteiger partial charge is 0.392 e. The summed E-state index contributed by atoms with van der Waals surface area (Å²) in [7, 11) is 0. The van der Waals surface area contributed by atoms with Crippen LogP contribution in [0.3, 0.4) is 0 Å². The Morgan fingerprint density at radius 1 is 1.19 bits per heavy atom. The molecule has 0 radical (unpaired) electrons. The van der Waals surface area contributed by atoms with Crippen LogP contribution >= 0.6 is 0 Å². The molecule has 0 spiro atoms. The zero-order valence-electron chi connectivity index (χ0n) is 10.2. The fraction of sp³-hybridized carbons (Fsp3) is 0.571. The summed E-state index contributed by atoms with van der Waals surface area (Å²) in [6.07, 6.45) is 2.10. The number of fused-ring (bicyclic) bond motifs is 1. The predicted molar refractivity (Wildman–Crippen MR) is 66.3 cm³/mol. The quantitative estimate of drug-likeness (QED) is 0.824. The lowest BCUT2D eigenvalue weighted by Gasteiger charge is -2.29. The number of aryl methyl sites for hydroxylation is 1. The van der Waals surface area contributed by atoms with Crippen LogP contribution in [0.15, 0.2) is 24.3 Å². The van der Waals surface area contributed by atoms with Crippen molar-refractivity contribution >= 4 is 0 Å². The number of aliphatic hydroxyl groups excluding tert-OH is 1. The van der Waals surface area contributed by atoms with Crippen LogP contribution < -0.4 is 0 Å². The van der Waals surface area contributed by atoms with Gasteiger partial charge < -0.3 is 5.11 Å². The van der Waals surface area contributed by atoms with Crippen LogP contribution in [-0.4, -0.2) is 28.7 Å². The van der Waals surface area contributed by atoms with Crippen molar-refractivity contribution in [3.8, 4) is 0 Å². The van der Waals surface area contributed by atoms with E-state index < -0.39 is 0 Å². The lowest BCUT2D eigenvalue weighted by Crippen LogP contribution is -2.39. The normalized spacial score (nSPS) is 20.9. The van der Waals surface area contributed by atoms with Gasteiger partial charge in [0.25, 0.3) is 0 Å². The van der Waals surface area contributed by atoms with Crippen LogP contribution in [0.2, 0.25) is 0 Å². The molecule has 0 aliphatic carbocycles. The summed E-state index contributed by atoms with van der Waals surface area (Å²) in [5.74, 6) is 0. The van der Waals surface area contributed by atoms with E-state index in [1.165, 1.54) is 24.0 Å². The van der Waals surface area contributed by atoms with Crippen molar-refractivity contribution in [1.29, 1.82) is 0 Å². The molecule has 1 aromatic rings. The molecule has 0 amide bonds. The van der Waals surface area contributed by atoms with Gasteiger partial charge in [-0.15, -0.1) is 0 Å². The summed E-state index contributed by atoms with van der Waals surface area (Å²) < 4.78 is 0. The van der Waals surface area contributed by atoms with Crippen molar-refractivity contribution in [2.24, 2.45) is 0 Å². The van der Waals surface area contributed by atoms with Gasteiger partial charge in [0.2, 0.25) is 0 Å². The van der Waals surface area contributed by atoms with Gasteiger partial charge in [0, 0.05) is 12.6 Å². The molecule has 1 aliphatic heterocycles. The van der Waals surface area contributed by atoms with E-state index in [2.05, 4.69) is 36.1 Å². The average Bonchev–Trinajstić information content (AvgIpc) is 2.49. The molecule has 1 heterocycles. The van der Waals surface area contributed by atoms with Crippen LogP contribution in [-0.2, 0) is 13.0 Å². The molecule has 2 nitrogen and oxygen atoms in total. The van der Waals surface area contributed by atoms with E-state index in [-0.39, 0.29) is 12.1 Å². The molecular formula is C14H21NO. The van der Waals surface area contributed by atoms with Crippen molar-refractivity contribution in [3.63, 3.8) is 0 Å². The molecule has 0 saturated carbocycles. The highest BCUT2D eigenvalue weighted by Gasteiger charge is 2.21. The minimum Gasteiger partial charge on any atom is -0.392 e. The maximum Gasteiger partial charge on any atom is 0.0664 e. The third-order valence-electron chi connectivity index (χ3n) is 3.66. The summed E-state index contributed by atoms with van der Waals surface area (Å²) in [5.41, 5.74) is 2.90.